The third-order valence-electron chi connectivity index (χ3n) is 3.57. The van der Waals surface area contributed by atoms with Gasteiger partial charge in [0.15, 0.2) is 0 Å². The van der Waals surface area contributed by atoms with E-state index in [0.717, 1.165) is 0 Å². The number of amides is 2. The third-order valence-corrected chi connectivity index (χ3v) is 3.86. The number of hydrogen-bond acceptors (Lipinski definition) is 3. The van der Waals surface area contributed by atoms with E-state index < -0.39 is 0 Å². The van der Waals surface area contributed by atoms with Crippen molar-refractivity contribution in [3.63, 3.8) is 0 Å². The van der Waals surface area contributed by atoms with Gasteiger partial charge in [0.1, 0.15) is 5.75 Å². The second-order valence-corrected chi connectivity index (χ2v) is 6.33. The first-order valence-electron chi connectivity index (χ1n) is 7.34. The van der Waals surface area contributed by atoms with E-state index in [0.29, 0.717) is 35.3 Å². The van der Waals surface area contributed by atoms with Crippen LogP contribution in [-0.2, 0) is 9.59 Å². The van der Waals surface area contributed by atoms with E-state index in [1.807, 2.05) is 13.8 Å². The molecule has 6 heteroatoms. The molecule has 2 atom stereocenters. The Morgan fingerprint density at radius 2 is 2.00 bits per heavy atom. The molecule has 0 aromatic heterocycles. The summed E-state index contributed by atoms with van der Waals surface area (Å²) in [5.74, 6) is 0.293. The zero-order valence-electron chi connectivity index (χ0n) is 13.0. The van der Waals surface area contributed by atoms with Crippen molar-refractivity contribution in [2.75, 3.05) is 19.0 Å². The standard InChI is InChI=1S/C16H21ClN2O3/c1-9(2)8-18-15(20)11-7-12(11)16(21)19-10-4-5-14(22-3)13(17)6-10/h4-6,9,11-12H,7-8H2,1-3H3,(H,18,20)(H,19,21). The van der Waals surface area contributed by atoms with Gasteiger partial charge in [0.25, 0.3) is 0 Å². The van der Waals surface area contributed by atoms with Crippen molar-refractivity contribution in [3.8, 4) is 5.75 Å². The maximum atomic E-state index is 12.1. The van der Waals surface area contributed by atoms with Crippen LogP contribution in [0.15, 0.2) is 18.2 Å². The zero-order valence-corrected chi connectivity index (χ0v) is 13.7. The van der Waals surface area contributed by atoms with Gasteiger partial charge in [-0.05, 0) is 30.5 Å². The summed E-state index contributed by atoms with van der Waals surface area (Å²) in [7, 11) is 1.53. The zero-order chi connectivity index (χ0) is 16.3. The lowest BCUT2D eigenvalue weighted by Gasteiger charge is -2.09. The molecule has 2 rings (SSSR count). The van der Waals surface area contributed by atoms with Gasteiger partial charge in [-0.15, -0.1) is 0 Å². The van der Waals surface area contributed by atoms with Crippen LogP contribution in [0.1, 0.15) is 20.3 Å². The summed E-state index contributed by atoms with van der Waals surface area (Å²) in [6.45, 7) is 4.70. The van der Waals surface area contributed by atoms with Gasteiger partial charge in [0.2, 0.25) is 11.8 Å². The van der Waals surface area contributed by atoms with Crippen LogP contribution in [-0.4, -0.2) is 25.5 Å². The van der Waals surface area contributed by atoms with Gasteiger partial charge in [-0.25, -0.2) is 0 Å². The molecule has 0 spiro atoms. The molecule has 1 aliphatic rings. The number of nitrogens with one attached hydrogen (secondary N) is 2. The molecule has 0 saturated heterocycles. The van der Waals surface area contributed by atoms with Crippen LogP contribution in [0, 0.1) is 17.8 Å². The quantitative estimate of drug-likeness (QED) is 0.845. The van der Waals surface area contributed by atoms with Gasteiger partial charge >= 0.3 is 0 Å². The van der Waals surface area contributed by atoms with Crippen molar-refractivity contribution in [2.45, 2.75) is 20.3 Å². The molecule has 0 heterocycles. The van der Waals surface area contributed by atoms with Crippen molar-refractivity contribution >= 4 is 29.1 Å². The monoisotopic (exact) mass is 324 g/mol. The number of halogens is 1. The lowest BCUT2D eigenvalue weighted by Crippen LogP contribution is -2.30. The first-order valence-corrected chi connectivity index (χ1v) is 7.72. The lowest BCUT2D eigenvalue weighted by atomic mass is 10.2. The van der Waals surface area contributed by atoms with Crippen LogP contribution in [0.4, 0.5) is 5.69 Å². The summed E-state index contributed by atoms with van der Waals surface area (Å²) in [4.78, 5) is 24.0. The number of hydrogen-bond donors (Lipinski definition) is 2. The smallest absolute Gasteiger partial charge is 0.228 e. The summed E-state index contributed by atoms with van der Waals surface area (Å²) >= 11 is 6.02. The summed E-state index contributed by atoms with van der Waals surface area (Å²) in [6, 6.07) is 5.05. The van der Waals surface area contributed by atoms with Gasteiger partial charge in [0.05, 0.1) is 24.0 Å². The Balaban J connectivity index is 1.86. The number of rotatable bonds is 6. The first kappa shape index (κ1) is 16.6. The summed E-state index contributed by atoms with van der Waals surface area (Å²) in [5, 5.41) is 6.08. The molecule has 22 heavy (non-hydrogen) atoms. The normalized spacial score (nSPS) is 19.7. The highest BCUT2D eigenvalue weighted by Gasteiger charge is 2.47. The molecule has 2 amide bonds. The van der Waals surface area contributed by atoms with E-state index in [1.165, 1.54) is 7.11 Å². The average molecular weight is 325 g/mol. The number of methoxy groups -OCH3 is 1. The van der Waals surface area contributed by atoms with Crippen molar-refractivity contribution < 1.29 is 14.3 Å². The van der Waals surface area contributed by atoms with Crippen molar-refractivity contribution in [3.05, 3.63) is 23.2 Å². The molecule has 120 valence electrons. The Labute approximate surface area is 135 Å². The molecule has 1 saturated carbocycles. The Hall–Kier alpha value is -1.75. The minimum Gasteiger partial charge on any atom is -0.495 e. The van der Waals surface area contributed by atoms with Gasteiger partial charge in [-0.3, -0.25) is 9.59 Å². The summed E-state index contributed by atoms with van der Waals surface area (Å²) in [5.41, 5.74) is 0.601. The Morgan fingerprint density at radius 3 is 2.59 bits per heavy atom. The number of carbonyl (C=O) groups excluding carboxylic acids is 2. The fourth-order valence-electron chi connectivity index (χ4n) is 2.19. The van der Waals surface area contributed by atoms with Crippen molar-refractivity contribution in [2.24, 2.45) is 17.8 Å². The first-order chi connectivity index (χ1) is 10.4. The summed E-state index contributed by atoms with van der Waals surface area (Å²) < 4.78 is 5.06. The molecule has 1 aliphatic carbocycles. The molecule has 0 bridgehead atoms. The van der Waals surface area contributed by atoms with Crippen molar-refractivity contribution in [1.29, 1.82) is 0 Å². The second kappa shape index (κ2) is 7.01. The van der Waals surface area contributed by atoms with Crippen molar-refractivity contribution in [1.82, 2.24) is 5.32 Å². The molecule has 0 aliphatic heterocycles. The number of carbonyl (C=O) groups is 2. The SMILES string of the molecule is COc1ccc(NC(=O)C2CC2C(=O)NCC(C)C)cc1Cl. The summed E-state index contributed by atoms with van der Waals surface area (Å²) in [6.07, 6.45) is 0.597. The average Bonchev–Trinajstić information content (AvgIpc) is 3.25. The largest absolute Gasteiger partial charge is 0.495 e. The van der Waals surface area contributed by atoms with Crippen LogP contribution >= 0.6 is 11.6 Å². The van der Waals surface area contributed by atoms with Crippen LogP contribution in [0.5, 0.6) is 5.75 Å². The molecule has 2 N–H and O–H groups in total. The van der Waals surface area contributed by atoms with Gasteiger partial charge in [0, 0.05) is 12.2 Å². The maximum absolute atomic E-state index is 12.1. The molecule has 1 aromatic rings. The van der Waals surface area contributed by atoms with Crippen LogP contribution < -0.4 is 15.4 Å². The van der Waals surface area contributed by atoms with E-state index in [9.17, 15) is 9.59 Å². The highest BCUT2D eigenvalue weighted by Crippen LogP contribution is 2.39. The molecule has 0 radical (unpaired) electrons. The van der Waals surface area contributed by atoms with Crippen LogP contribution in [0.3, 0.4) is 0 Å². The topological polar surface area (TPSA) is 67.4 Å². The molecule has 1 aromatic carbocycles. The molecule has 1 fully saturated rings. The minimum absolute atomic E-state index is 0.0402. The maximum Gasteiger partial charge on any atom is 0.228 e. The Kier molecular flexibility index (Phi) is 5.29. The Morgan fingerprint density at radius 1 is 1.32 bits per heavy atom. The number of benzene rings is 1. The van der Waals surface area contributed by atoms with Crippen LogP contribution in [0.2, 0.25) is 5.02 Å². The van der Waals surface area contributed by atoms with E-state index >= 15 is 0 Å². The highest BCUT2D eigenvalue weighted by atomic mass is 35.5. The second-order valence-electron chi connectivity index (χ2n) is 5.93. The molecule has 5 nitrogen and oxygen atoms in total. The predicted molar refractivity (Wildman–Crippen MR) is 86.1 cm³/mol. The molecular weight excluding hydrogens is 304 g/mol. The molecule has 2 unspecified atom stereocenters. The minimum atomic E-state index is -0.256. The predicted octanol–water partition coefficient (Wildman–Crippen LogP) is 2.70. The van der Waals surface area contributed by atoms with E-state index in [-0.39, 0.29) is 23.7 Å². The van der Waals surface area contributed by atoms with Gasteiger partial charge < -0.3 is 15.4 Å². The van der Waals surface area contributed by atoms with Gasteiger partial charge in [-0.2, -0.15) is 0 Å². The van der Waals surface area contributed by atoms with E-state index in [4.69, 9.17) is 16.3 Å². The number of anilines is 1. The fraction of sp³-hybridized carbons (Fsp3) is 0.500. The third kappa shape index (κ3) is 4.13. The van der Waals surface area contributed by atoms with Crippen LogP contribution in [0.25, 0.3) is 0 Å². The van der Waals surface area contributed by atoms with E-state index in [2.05, 4.69) is 10.6 Å². The lowest BCUT2D eigenvalue weighted by molar-refractivity contribution is -0.125. The fourth-order valence-corrected chi connectivity index (χ4v) is 2.45. The number of ether oxygens (including phenoxy) is 1. The Bertz CT molecular complexity index is 575. The molecular formula is C16H21ClN2O3. The van der Waals surface area contributed by atoms with Gasteiger partial charge in [-0.1, -0.05) is 25.4 Å². The highest BCUT2D eigenvalue weighted by molar-refractivity contribution is 6.32. The van der Waals surface area contributed by atoms with E-state index in [1.54, 1.807) is 18.2 Å².